The van der Waals surface area contributed by atoms with Gasteiger partial charge in [0.2, 0.25) is 0 Å². The van der Waals surface area contributed by atoms with Crippen molar-refractivity contribution in [3.8, 4) is 11.5 Å². The number of benzene rings is 1. The van der Waals surface area contributed by atoms with Crippen LogP contribution >= 0.6 is 0 Å². The van der Waals surface area contributed by atoms with E-state index in [4.69, 9.17) is 15.2 Å². The van der Waals surface area contributed by atoms with Gasteiger partial charge in [-0.05, 0) is 57.3 Å². The Morgan fingerprint density at radius 1 is 1.19 bits per heavy atom. The molecule has 1 saturated heterocycles. The highest BCUT2D eigenvalue weighted by atomic mass is 16.5. The van der Waals surface area contributed by atoms with Crippen molar-refractivity contribution in [2.45, 2.75) is 32.6 Å². The molecule has 4 heteroatoms. The van der Waals surface area contributed by atoms with Gasteiger partial charge >= 0.3 is 0 Å². The van der Waals surface area contributed by atoms with Crippen molar-refractivity contribution in [1.29, 1.82) is 0 Å². The second-order valence-corrected chi connectivity index (χ2v) is 6.04. The summed E-state index contributed by atoms with van der Waals surface area (Å²) in [7, 11) is 3.33. The molecule has 118 valence electrons. The molecule has 1 heterocycles. The number of nitrogens with zero attached hydrogens (tertiary/aromatic N) is 1. The highest BCUT2D eigenvalue weighted by Gasteiger charge is 2.16. The largest absolute Gasteiger partial charge is 0.493 e. The van der Waals surface area contributed by atoms with Gasteiger partial charge in [0, 0.05) is 17.3 Å². The maximum absolute atomic E-state index is 5.94. The van der Waals surface area contributed by atoms with Crippen LogP contribution in [0.3, 0.4) is 0 Å². The first-order valence-electron chi connectivity index (χ1n) is 7.86. The first kappa shape index (κ1) is 16.0. The number of nitrogen functional groups attached to an aromatic ring is 1. The van der Waals surface area contributed by atoms with E-state index in [0.29, 0.717) is 0 Å². The third-order valence-corrected chi connectivity index (χ3v) is 4.37. The van der Waals surface area contributed by atoms with Gasteiger partial charge in [-0.2, -0.15) is 0 Å². The molecule has 21 heavy (non-hydrogen) atoms. The number of hydrogen-bond donors (Lipinski definition) is 1. The Kier molecular flexibility index (Phi) is 5.74. The lowest BCUT2D eigenvalue weighted by Crippen LogP contribution is -2.33. The van der Waals surface area contributed by atoms with Gasteiger partial charge in [-0.1, -0.05) is 6.92 Å². The second-order valence-electron chi connectivity index (χ2n) is 6.04. The van der Waals surface area contributed by atoms with Crippen LogP contribution in [0.4, 0.5) is 5.69 Å². The molecule has 1 aliphatic rings. The van der Waals surface area contributed by atoms with Gasteiger partial charge in [-0.25, -0.2) is 0 Å². The molecule has 0 amide bonds. The molecule has 1 aliphatic heterocycles. The van der Waals surface area contributed by atoms with Crippen molar-refractivity contribution in [3.63, 3.8) is 0 Å². The molecular formula is C17H28N2O2. The predicted molar refractivity (Wildman–Crippen MR) is 87.1 cm³/mol. The van der Waals surface area contributed by atoms with E-state index in [9.17, 15) is 0 Å². The van der Waals surface area contributed by atoms with Crippen molar-refractivity contribution < 1.29 is 9.47 Å². The third-order valence-electron chi connectivity index (χ3n) is 4.37. The summed E-state index contributed by atoms with van der Waals surface area (Å²) < 4.78 is 10.8. The van der Waals surface area contributed by atoms with Gasteiger partial charge in [-0.15, -0.1) is 0 Å². The van der Waals surface area contributed by atoms with Crippen LogP contribution in [0.2, 0.25) is 0 Å². The quantitative estimate of drug-likeness (QED) is 0.819. The number of likely N-dealkylation sites (tertiary alicyclic amines) is 1. The number of rotatable bonds is 6. The van der Waals surface area contributed by atoms with E-state index >= 15 is 0 Å². The molecule has 1 aromatic rings. The standard InChI is InChI=1S/C17H28N2O2/c1-13-6-9-19(10-7-13)8-4-5-14-11-15(18)12-16(20-2)17(14)21-3/h11-13H,4-10,18H2,1-3H3. The van der Waals surface area contributed by atoms with E-state index in [2.05, 4.69) is 11.8 Å². The second kappa shape index (κ2) is 7.55. The van der Waals surface area contributed by atoms with Gasteiger partial charge in [0.25, 0.3) is 0 Å². The number of hydrogen-bond acceptors (Lipinski definition) is 4. The SMILES string of the molecule is COc1cc(N)cc(CCCN2CCC(C)CC2)c1OC. The summed E-state index contributed by atoms with van der Waals surface area (Å²) in [6, 6.07) is 3.81. The maximum Gasteiger partial charge on any atom is 0.164 e. The number of aryl methyl sites for hydroxylation is 1. The molecule has 4 nitrogen and oxygen atoms in total. The van der Waals surface area contributed by atoms with Crippen LogP contribution in [-0.2, 0) is 6.42 Å². The molecule has 0 bridgehead atoms. The summed E-state index contributed by atoms with van der Waals surface area (Å²) >= 11 is 0. The van der Waals surface area contributed by atoms with Gasteiger partial charge < -0.3 is 20.1 Å². The molecular weight excluding hydrogens is 264 g/mol. The van der Waals surface area contributed by atoms with E-state index in [1.165, 1.54) is 25.9 Å². The lowest BCUT2D eigenvalue weighted by molar-refractivity contribution is 0.190. The van der Waals surface area contributed by atoms with E-state index in [1.54, 1.807) is 14.2 Å². The number of piperidine rings is 1. The third kappa shape index (κ3) is 4.27. The van der Waals surface area contributed by atoms with E-state index in [-0.39, 0.29) is 0 Å². The summed E-state index contributed by atoms with van der Waals surface area (Å²) in [5.74, 6) is 2.43. The highest BCUT2D eigenvalue weighted by Crippen LogP contribution is 2.34. The number of nitrogens with two attached hydrogens (primary N) is 1. The van der Waals surface area contributed by atoms with Crippen LogP contribution in [0.15, 0.2) is 12.1 Å². The molecule has 0 atom stereocenters. The molecule has 0 radical (unpaired) electrons. The summed E-state index contributed by atoms with van der Waals surface area (Å²) in [6.07, 6.45) is 4.75. The van der Waals surface area contributed by atoms with Crippen LogP contribution < -0.4 is 15.2 Å². The predicted octanol–water partition coefficient (Wildman–Crippen LogP) is 2.95. The smallest absolute Gasteiger partial charge is 0.164 e. The topological polar surface area (TPSA) is 47.7 Å². The molecule has 1 aromatic carbocycles. The molecule has 0 unspecified atom stereocenters. The minimum absolute atomic E-state index is 0.722. The molecule has 0 aliphatic carbocycles. The van der Waals surface area contributed by atoms with E-state index < -0.39 is 0 Å². The Labute approximate surface area is 128 Å². The lowest BCUT2D eigenvalue weighted by atomic mass is 9.99. The van der Waals surface area contributed by atoms with Crippen molar-refractivity contribution in [2.75, 3.05) is 39.6 Å². The fourth-order valence-corrected chi connectivity index (χ4v) is 3.03. The minimum atomic E-state index is 0.722. The Bertz CT molecular complexity index is 454. The van der Waals surface area contributed by atoms with Crippen LogP contribution in [0, 0.1) is 5.92 Å². The monoisotopic (exact) mass is 292 g/mol. The maximum atomic E-state index is 5.94. The lowest BCUT2D eigenvalue weighted by Gasteiger charge is -2.30. The van der Waals surface area contributed by atoms with Crippen molar-refractivity contribution >= 4 is 5.69 Å². The Morgan fingerprint density at radius 3 is 2.52 bits per heavy atom. The van der Waals surface area contributed by atoms with Crippen LogP contribution in [0.25, 0.3) is 0 Å². The zero-order valence-electron chi connectivity index (χ0n) is 13.5. The summed E-state index contributed by atoms with van der Waals surface area (Å²) in [5.41, 5.74) is 7.81. The summed E-state index contributed by atoms with van der Waals surface area (Å²) in [4.78, 5) is 2.57. The Balaban J connectivity index is 1.92. The number of ether oxygens (including phenoxy) is 2. The normalized spacial score (nSPS) is 16.9. The average Bonchev–Trinajstić information content (AvgIpc) is 2.48. The van der Waals surface area contributed by atoms with E-state index in [0.717, 1.165) is 48.1 Å². The van der Waals surface area contributed by atoms with Crippen molar-refractivity contribution in [3.05, 3.63) is 17.7 Å². The molecule has 2 rings (SSSR count). The van der Waals surface area contributed by atoms with Gasteiger partial charge in [0.15, 0.2) is 11.5 Å². The molecule has 2 N–H and O–H groups in total. The zero-order valence-corrected chi connectivity index (χ0v) is 13.5. The summed E-state index contributed by atoms with van der Waals surface area (Å²) in [5, 5.41) is 0. The fraction of sp³-hybridized carbons (Fsp3) is 0.647. The molecule has 0 aromatic heterocycles. The number of methoxy groups -OCH3 is 2. The first-order chi connectivity index (χ1) is 10.1. The molecule has 0 spiro atoms. The molecule has 0 saturated carbocycles. The van der Waals surface area contributed by atoms with Crippen molar-refractivity contribution in [1.82, 2.24) is 4.90 Å². The average molecular weight is 292 g/mol. The Hall–Kier alpha value is -1.42. The van der Waals surface area contributed by atoms with Crippen LogP contribution in [-0.4, -0.2) is 38.8 Å². The van der Waals surface area contributed by atoms with Gasteiger partial charge in [0.05, 0.1) is 14.2 Å². The van der Waals surface area contributed by atoms with Crippen molar-refractivity contribution in [2.24, 2.45) is 5.92 Å². The fourth-order valence-electron chi connectivity index (χ4n) is 3.03. The van der Waals surface area contributed by atoms with Gasteiger partial charge in [-0.3, -0.25) is 0 Å². The zero-order chi connectivity index (χ0) is 15.2. The summed E-state index contributed by atoms with van der Waals surface area (Å²) in [6.45, 7) is 5.96. The number of anilines is 1. The van der Waals surface area contributed by atoms with Gasteiger partial charge in [0.1, 0.15) is 0 Å². The Morgan fingerprint density at radius 2 is 1.90 bits per heavy atom. The van der Waals surface area contributed by atoms with E-state index in [1.807, 2.05) is 12.1 Å². The van der Waals surface area contributed by atoms with Crippen LogP contribution in [0.1, 0.15) is 31.7 Å². The molecule has 1 fully saturated rings. The van der Waals surface area contributed by atoms with Crippen LogP contribution in [0.5, 0.6) is 11.5 Å². The minimum Gasteiger partial charge on any atom is -0.493 e. The first-order valence-corrected chi connectivity index (χ1v) is 7.86. The highest BCUT2D eigenvalue weighted by molar-refractivity contribution is 5.57.